The molecule has 3 fully saturated rings. The Labute approximate surface area is 298 Å². The van der Waals surface area contributed by atoms with E-state index in [2.05, 4.69) is 0 Å². The first-order valence-electron chi connectivity index (χ1n) is 16.8. The van der Waals surface area contributed by atoms with Gasteiger partial charge in [0.25, 0.3) is 0 Å². The molecular formula is C35H46O17. The Hall–Kier alpha value is -3.27. The molecule has 0 aliphatic carbocycles. The van der Waals surface area contributed by atoms with Gasteiger partial charge in [-0.3, -0.25) is 0 Å². The molecule has 2 aromatic carbocycles. The molecule has 3 heterocycles. The zero-order chi connectivity index (χ0) is 37.7. The first kappa shape index (κ1) is 39.9. The SMILES string of the molecule is C[C@@H]1O[C@@H](O[C@H]2[C@H](O)[C@@H](OCCc3ccc(O)cc3)O[C@@H](CO)[C@@H]2OC(=O)/C=C/c2ccc(O)cc2)[C@H](O)[C@H](O)[C@@H]1O[C@@H]1O[C@H](C)[C@@H](O)[C@@H](O)[C@H]1O. The van der Waals surface area contributed by atoms with Crippen LogP contribution in [0.1, 0.15) is 25.0 Å². The molecule has 3 aliphatic rings. The Kier molecular flexibility index (Phi) is 13.6. The highest BCUT2D eigenvalue weighted by Gasteiger charge is 2.54. The molecule has 0 aromatic heterocycles. The number of aromatic hydroxyl groups is 2. The van der Waals surface area contributed by atoms with E-state index in [0.717, 1.165) is 11.6 Å². The number of ether oxygens (including phenoxy) is 7. The van der Waals surface area contributed by atoms with Gasteiger partial charge in [0, 0.05) is 6.08 Å². The van der Waals surface area contributed by atoms with Crippen molar-refractivity contribution in [2.75, 3.05) is 13.2 Å². The van der Waals surface area contributed by atoms with Crippen LogP contribution in [-0.2, 0) is 44.4 Å². The number of rotatable bonds is 12. The van der Waals surface area contributed by atoms with Crippen molar-refractivity contribution < 1.29 is 83.9 Å². The molecule has 0 saturated carbocycles. The molecule has 0 bridgehead atoms. The Morgan fingerprint density at radius 2 is 1.25 bits per heavy atom. The van der Waals surface area contributed by atoms with Gasteiger partial charge in [0.05, 0.1) is 25.4 Å². The standard InChI is InChI=1S/C35H46O17/c1-16-24(40)25(41)27(43)34(47-16)51-30-17(2)48-35(28(44)26(30)42)52-32-29(45)33(46-14-13-19-5-10-21(38)11-6-19)49-22(15-36)31(32)50-23(39)12-7-18-3-8-20(37)9-4-18/h3-12,16-17,22,24-38,40-45H,13-15H2,1-2H3/b12-7+/t16-,17+,22+,24-,25-,26+,27-,28-,29+,30-,31+,32+,33+,34+,35+/m1/s1. The molecule has 0 unspecified atom stereocenters. The maximum absolute atomic E-state index is 13.0. The van der Waals surface area contributed by atoms with Crippen LogP contribution in [0.4, 0.5) is 0 Å². The van der Waals surface area contributed by atoms with Gasteiger partial charge in [0.1, 0.15) is 66.4 Å². The second kappa shape index (κ2) is 17.7. The van der Waals surface area contributed by atoms with Gasteiger partial charge in [-0.2, -0.15) is 0 Å². The van der Waals surface area contributed by atoms with Crippen molar-refractivity contribution in [1.82, 2.24) is 0 Å². The number of aliphatic hydroxyl groups is 7. The minimum atomic E-state index is -1.86. The highest BCUT2D eigenvalue weighted by molar-refractivity contribution is 5.87. The highest BCUT2D eigenvalue weighted by Crippen LogP contribution is 2.33. The molecule has 0 spiro atoms. The maximum Gasteiger partial charge on any atom is 0.331 e. The fraction of sp³-hybridized carbons (Fsp3) is 0.571. The molecule has 0 radical (unpaired) electrons. The number of esters is 1. The maximum atomic E-state index is 13.0. The Balaban J connectivity index is 1.32. The Morgan fingerprint density at radius 3 is 1.88 bits per heavy atom. The summed E-state index contributed by atoms with van der Waals surface area (Å²) in [6, 6.07) is 12.3. The van der Waals surface area contributed by atoms with E-state index >= 15 is 0 Å². The predicted octanol–water partition coefficient (Wildman–Crippen LogP) is -1.58. The number of aliphatic hydroxyl groups excluding tert-OH is 7. The van der Waals surface area contributed by atoms with Crippen LogP contribution in [0, 0.1) is 0 Å². The van der Waals surface area contributed by atoms with E-state index in [-0.39, 0.29) is 18.1 Å². The van der Waals surface area contributed by atoms with Gasteiger partial charge >= 0.3 is 5.97 Å². The van der Waals surface area contributed by atoms with Crippen LogP contribution in [0.5, 0.6) is 11.5 Å². The molecule has 17 nitrogen and oxygen atoms in total. The fourth-order valence-electron chi connectivity index (χ4n) is 6.10. The smallest absolute Gasteiger partial charge is 0.331 e. The zero-order valence-electron chi connectivity index (χ0n) is 28.3. The van der Waals surface area contributed by atoms with Crippen LogP contribution in [0.3, 0.4) is 0 Å². The van der Waals surface area contributed by atoms with E-state index in [0.29, 0.717) is 12.0 Å². The summed E-state index contributed by atoms with van der Waals surface area (Å²) in [5.74, 6) is -0.819. The Bertz CT molecular complexity index is 1460. The average Bonchev–Trinajstić information content (AvgIpc) is 3.12. The van der Waals surface area contributed by atoms with Crippen LogP contribution in [-0.4, -0.2) is 157 Å². The topological polar surface area (TPSA) is 264 Å². The first-order valence-corrected chi connectivity index (χ1v) is 16.8. The van der Waals surface area contributed by atoms with Gasteiger partial charge in [-0.25, -0.2) is 4.79 Å². The predicted molar refractivity (Wildman–Crippen MR) is 175 cm³/mol. The van der Waals surface area contributed by atoms with Crippen molar-refractivity contribution in [1.29, 1.82) is 0 Å². The number of benzene rings is 2. The second-order valence-electron chi connectivity index (χ2n) is 12.9. The third-order valence-corrected chi connectivity index (χ3v) is 9.13. The second-order valence-corrected chi connectivity index (χ2v) is 12.9. The fourth-order valence-corrected chi connectivity index (χ4v) is 6.10. The van der Waals surface area contributed by atoms with Gasteiger partial charge in [0.15, 0.2) is 25.0 Å². The molecule has 17 heteroatoms. The summed E-state index contributed by atoms with van der Waals surface area (Å²) in [4.78, 5) is 13.0. The quantitative estimate of drug-likeness (QED) is 0.0879. The van der Waals surface area contributed by atoms with Crippen LogP contribution in [0.2, 0.25) is 0 Å². The number of phenols is 2. The lowest BCUT2D eigenvalue weighted by atomic mass is 9.96. The highest BCUT2D eigenvalue weighted by atomic mass is 16.8. The van der Waals surface area contributed by atoms with Crippen LogP contribution in [0.25, 0.3) is 6.08 Å². The zero-order valence-corrected chi connectivity index (χ0v) is 28.3. The lowest BCUT2D eigenvalue weighted by molar-refractivity contribution is -0.375. The third-order valence-electron chi connectivity index (χ3n) is 9.13. The van der Waals surface area contributed by atoms with Crippen molar-refractivity contribution in [3.8, 4) is 11.5 Å². The number of hydrogen-bond donors (Lipinski definition) is 9. The molecular weight excluding hydrogens is 692 g/mol. The molecule has 5 rings (SSSR count). The van der Waals surface area contributed by atoms with Gasteiger partial charge < -0.3 is 79.1 Å². The van der Waals surface area contributed by atoms with E-state index in [1.54, 1.807) is 24.3 Å². The van der Waals surface area contributed by atoms with Crippen molar-refractivity contribution in [3.05, 3.63) is 65.7 Å². The molecule has 52 heavy (non-hydrogen) atoms. The minimum absolute atomic E-state index is 0.00788. The Morgan fingerprint density at radius 1 is 0.673 bits per heavy atom. The molecule has 15 atom stereocenters. The molecule has 9 N–H and O–H groups in total. The van der Waals surface area contributed by atoms with Crippen molar-refractivity contribution in [3.63, 3.8) is 0 Å². The third kappa shape index (κ3) is 9.44. The van der Waals surface area contributed by atoms with Gasteiger partial charge in [-0.15, -0.1) is 0 Å². The number of carbonyl (C=O) groups excluding carboxylic acids is 1. The van der Waals surface area contributed by atoms with Crippen LogP contribution < -0.4 is 0 Å². The molecule has 3 aliphatic heterocycles. The monoisotopic (exact) mass is 738 g/mol. The summed E-state index contributed by atoms with van der Waals surface area (Å²) < 4.78 is 40.3. The van der Waals surface area contributed by atoms with Crippen LogP contribution >= 0.6 is 0 Å². The number of phenolic OH excluding ortho intramolecular Hbond substituents is 2. The summed E-state index contributed by atoms with van der Waals surface area (Å²) in [7, 11) is 0. The summed E-state index contributed by atoms with van der Waals surface area (Å²) in [6.07, 6.45) is -19.6. The lowest BCUT2D eigenvalue weighted by Gasteiger charge is -2.48. The van der Waals surface area contributed by atoms with Gasteiger partial charge in [0.2, 0.25) is 0 Å². The molecule has 3 saturated heterocycles. The summed E-state index contributed by atoms with van der Waals surface area (Å²) >= 11 is 0. The van der Waals surface area contributed by atoms with Gasteiger partial charge in [-0.05, 0) is 61.7 Å². The van der Waals surface area contributed by atoms with E-state index in [1.165, 1.54) is 44.2 Å². The summed E-state index contributed by atoms with van der Waals surface area (Å²) in [5.41, 5.74) is 1.35. The van der Waals surface area contributed by atoms with Gasteiger partial charge in [-0.1, -0.05) is 24.3 Å². The summed E-state index contributed by atoms with van der Waals surface area (Å²) in [6.45, 7) is 2.18. The van der Waals surface area contributed by atoms with E-state index in [9.17, 15) is 50.8 Å². The molecule has 2 aromatic rings. The molecule has 288 valence electrons. The average molecular weight is 739 g/mol. The van der Waals surface area contributed by atoms with E-state index in [1.807, 2.05) is 0 Å². The summed E-state index contributed by atoms with van der Waals surface area (Å²) in [5, 5.41) is 93.7. The van der Waals surface area contributed by atoms with Crippen molar-refractivity contribution in [2.45, 2.75) is 112 Å². The van der Waals surface area contributed by atoms with Crippen molar-refractivity contribution >= 4 is 12.0 Å². The minimum Gasteiger partial charge on any atom is -0.508 e. The first-order chi connectivity index (χ1) is 24.8. The largest absolute Gasteiger partial charge is 0.508 e. The van der Waals surface area contributed by atoms with E-state index in [4.69, 9.17) is 33.2 Å². The van der Waals surface area contributed by atoms with Crippen LogP contribution in [0.15, 0.2) is 54.6 Å². The number of carbonyl (C=O) groups is 1. The normalized spacial score (nSPS) is 38.3. The van der Waals surface area contributed by atoms with Crippen molar-refractivity contribution in [2.24, 2.45) is 0 Å². The van der Waals surface area contributed by atoms with E-state index < -0.39 is 105 Å². The number of hydrogen-bond acceptors (Lipinski definition) is 17. The molecule has 0 amide bonds. The lowest BCUT2D eigenvalue weighted by Crippen LogP contribution is -2.66.